The van der Waals surface area contributed by atoms with E-state index in [1.165, 1.54) is 12.5 Å². The van der Waals surface area contributed by atoms with Crippen LogP contribution < -0.4 is 20.5 Å². The second-order valence-electron chi connectivity index (χ2n) is 7.81. The molecule has 0 spiro atoms. The highest BCUT2D eigenvalue weighted by molar-refractivity contribution is 5.81. The minimum atomic E-state index is -5.01. The highest BCUT2D eigenvalue weighted by Crippen LogP contribution is 2.26. The zero-order chi connectivity index (χ0) is 23.8. The van der Waals surface area contributed by atoms with Crippen molar-refractivity contribution in [2.24, 2.45) is 5.73 Å². The molecule has 0 aromatic heterocycles. The van der Waals surface area contributed by atoms with E-state index >= 15 is 0 Å². The van der Waals surface area contributed by atoms with Crippen LogP contribution in [0, 0.1) is 0 Å². The monoisotopic (exact) mass is 454 g/mol. The van der Waals surface area contributed by atoms with Gasteiger partial charge in [0.25, 0.3) is 0 Å². The minimum absolute atomic E-state index is 0.406. The third-order valence-corrected chi connectivity index (χ3v) is 5.00. The van der Waals surface area contributed by atoms with Crippen LogP contribution in [0.4, 0.5) is 13.2 Å². The lowest BCUT2D eigenvalue weighted by molar-refractivity contribution is -0.174. The molecule has 0 radical (unpaired) electrons. The Hall–Kier alpha value is -2.78. The summed E-state index contributed by atoms with van der Waals surface area (Å²) in [6.45, 7) is 1.34. The fourth-order valence-electron chi connectivity index (χ4n) is 3.01. The van der Waals surface area contributed by atoms with Crippen LogP contribution in [0.2, 0.25) is 0 Å². The molecule has 9 heteroatoms. The number of aryl methyl sites for hydroxylation is 1. The fraction of sp³-hybridized carbons (Fsp3) is 0.435. The van der Waals surface area contributed by atoms with Crippen molar-refractivity contribution in [2.75, 3.05) is 20.3 Å². The van der Waals surface area contributed by atoms with Crippen molar-refractivity contribution in [3.63, 3.8) is 0 Å². The van der Waals surface area contributed by atoms with Crippen molar-refractivity contribution in [3.8, 4) is 11.5 Å². The number of carbonyl (C=O) groups excluding carboxylic acids is 1. The molecule has 2 aromatic carbocycles. The highest BCUT2D eigenvalue weighted by Gasteiger charge is 2.40. The lowest BCUT2D eigenvalue weighted by Gasteiger charge is -2.31. The molecule has 4 N–H and O–H groups in total. The number of rotatable bonds is 11. The molecule has 176 valence electrons. The molecule has 2 unspecified atom stereocenters. The zero-order valence-electron chi connectivity index (χ0n) is 18.1. The van der Waals surface area contributed by atoms with Gasteiger partial charge in [0.1, 0.15) is 11.5 Å². The number of nitrogens with one attached hydrogen (secondary N) is 1. The summed E-state index contributed by atoms with van der Waals surface area (Å²) in [6, 6.07) is 14.4. The van der Waals surface area contributed by atoms with Gasteiger partial charge in [-0.25, -0.2) is 0 Å². The van der Waals surface area contributed by atoms with Gasteiger partial charge in [0.05, 0.1) is 25.4 Å². The van der Waals surface area contributed by atoms with E-state index in [0.717, 1.165) is 25.0 Å². The number of methoxy groups -OCH3 is 1. The smallest absolute Gasteiger partial charge is 0.471 e. The third kappa shape index (κ3) is 7.72. The second kappa shape index (κ2) is 11.2. The maximum Gasteiger partial charge on any atom is 0.471 e. The average Bonchev–Trinajstić information content (AvgIpc) is 2.77. The van der Waals surface area contributed by atoms with E-state index in [0.29, 0.717) is 17.9 Å². The number of benzene rings is 2. The van der Waals surface area contributed by atoms with Crippen LogP contribution in [0.5, 0.6) is 11.5 Å². The minimum Gasteiger partial charge on any atom is -0.497 e. The summed E-state index contributed by atoms with van der Waals surface area (Å²) >= 11 is 0. The van der Waals surface area contributed by atoms with Crippen LogP contribution in [0.1, 0.15) is 37.0 Å². The van der Waals surface area contributed by atoms with Gasteiger partial charge in [0.2, 0.25) is 0 Å². The molecule has 2 aromatic rings. The first-order valence-electron chi connectivity index (χ1n) is 10.2. The summed E-state index contributed by atoms with van der Waals surface area (Å²) in [7, 11) is 1.63. The van der Waals surface area contributed by atoms with E-state index < -0.39 is 30.3 Å². The first-order chi connectivity index (χ1) is 15.0. The van der Waals surface area contributed by atoms with Crippen molar-refractivity contribution < 1.29 is 32.5 Å². The summed E-state index contributed by atoms with van der Waals surface area (Å²) in [5.74, 6) is -0.668. The molecule has 0 aliphatic rings. The summed E-state index contributed by atoms with van der Waals surface area (Å²) in [4.78, 5) is 11.0. The number of hydrogen-bond acceptors (Lipinski definition) is 5. The molecular formula is C23H29F3N2O4. The van der Waals surface area contributed by atoms with E-state index in [1.807, 2.05) is 24.3 Å². The van der Waals surface area contributed by atoms with E-state index in [2.05, 4.69) is 0 Å². The number of halogens is 3. The van der Waals surface area contributed by atoms with Crippen LogP contribution in [0.3, 0.4) is 0 Å². The van der Waals surface area contributed by atoms with Crippen molar-refractivity contribution in [1.29, 1.82) is 0 Å². The van der Waals surface area contributed by atoms with Gasteiger partial charge in [0, 0.05) is 6.54 Å². The van der Waals surface area contributed by atoms with Gasteiger partial charge in [-0.2, -0.15) is 13.2 Å². The Labute approximate surface area is 185 Å². The van der Waals surface area contributed by atoms with E-state index in [4.69, 9.17) is 15.2 Å². The molecule has 1 amide bonds. The van der Waals surface area contributed by atoms with E-state index in [9.17, 15) is 23.1 Å². The zero-order valence-corrected chi connectivity index (χ0v) is 18.1. The van der Waals surface area contributed by atoms with Crippen LogP contribution in [-0.4, -0.2) is 43.0 Å². The molecule has 0 bridgehead atoms. The van der Waals surface area contributed by atoms with Crippen LogP contribution in [0.25, 0.3) is 0 Å². The lowest BCUT2D eigenvalue weighted by Crippen LogP contribution is -2.54. The topological polar surface area (TPSA) is 93.8 Å². The predicted octanol–water partition coefficient (Wildman–Crippen LogP) is 3.53. The van der Waals surface area contributed by atoms with Crippen molar-refractivity contribution >= 4 is 5.91 Å². The second-order valence-corrected chi connectivity index (χ2v) is 7.81. The van der Waals surface area contributed by atoms with Gasteiger partial charge >= 0.3 is 12.1 Å². The molecule has 6 nitrogen and oxygen atoms in total. The SMILES string of the molecule is COc1ccc(CCCCOc2ccc(C(O)C(C)(N)CNC(=O)C(F)(F)F)cc2)cc1. The average molecular weight is 454 g/mol. The number of aliphatic hydroxyl groups is 1. The summed E-state index contributed by atoms with van der Waals surface area (Å²) in [5.41, 5.74) is 6.06. The van der Waals surface area contributed by atoms with Crippen LogP contribution in [0.15, 0.2) is 48.5 Å². The first-order valence-corrected chi connectivity index (χ1v) is 10.2. The number of amides is 1. The third-order valence-electron chi connectivity index (χ3n) is 5.00. The Bertz CT molecular complexity index is 853. The van der Waals surface area contributed by atoms with Gasteiger partial charge in [-0.05, 0) is 61.6 Å². The van der Waals surface area contributed by atoms with Crippen LogP contribution >= 0.6 is 0 Å². The van der Waals surface area contributed by atoms with E-state index in [-0.39, 0.29) is 0 Å². The Morgan fingerprint density at radius 3 is 2.22 bits per heavy atom. The quantitative estimate of drug-likeness (QED) is 0.452. The predicted molar refractivity (Wildman–Crippen MR) is 114 cm³/mol. The maximum absolute atomic E-state index is 12.3. The Kier molecular flexibility index (Phi) is 8.91. The molecule has 2 rings (SSSR count). The van der Waals surface area contributed by atoms with Gasteiger partial charge in [-0.15, -0.1) is 0 Å². The Morgan fingerprint density at radius 2 is 1.66 bits per heavy atom. The van der Waals surface area contributed by atoms with Gasteiger partial charge < -0.3 is 25.6 Å². The number of nitrogens with two attached hydrogens (primary N) is 1. The first kappa shape index (κ1) is 25.5. The molecule has 0 aliphatic heterocycles. The lowest BCUT2D eigenvalue weighted by atomic mass is 9.90. The summed E-state index contributed by atoms with van der Waals surface area (Å²) in [5, 5.41) is 12.1. The number of ether oxygens (including phenoxy) is 2. The van der Waals surface area contributed by atoms with E-state index in [1.54, 1.807) is 36.7 Å². The molecular weight excluding hydrogens is 425 g/mol. The van der Waals surface area contributed by atoms with Gasteiger partial charge in [-0.1, -0.05) is 24.3 Å². The number of carbonyl (C=O) groups is 1. The number of unbranched alkanes of at least 4 members (excludes halogenated alkanes) is 1. The molecule has 2 atom stereocenters. The highest BCUT2D eigenvalue weighted by atomic mass is 19.4. The molecule has 0 aliphatic carbocycles. The van der Waals surface area contributed by atoms with Gasteiger partial charge in [0.15, 0.2) is 0 Å². The maximum atomic E-state index is 12.3. The standard InChI is InChI=1S/C23H29F3N2O4/c1-22(27,15-28-21(30)23(24,25)26)20(29)17-8-12-19(13-9-17)32-14-4-3-5-16-6-10-18(31-2)11-7-16/h6-13,20,29H,3-5,14-15,27H2,1-2H3,(H,28,30). The van der Waals surface area contributed by atoms with Crippen molar-refractivity contribution in [1.82, 2.24) is 5.32 Å². The van der Waals surface area contributed by atoms with Gasteiger partial charge in [-0.3, -0.25) is 4.79 Å². The molecule has 0 fully saturated rings. The Balaban J connectivity index is 1.77. The number of hydrogen-bond donors (Lipinski definition) is 3. The summed E-state index contributed by atoms with van der Waals surface area (Å²) in [6.07, 6.45) is -3.55. The molecule has 0 heterocycles. The van der Waals surface area contributed by atoms with Crippen LogP contribution in [-0.2, 0) is 11.2 Å². The molecule has 32 heavy (non-hydrogen) atoms. The largest absolute Gasteiger partial charge is 0.497 e. The summed E-state index contributed by atoms with van der Waals surface area (Å²) < 4.78 is 47.8. The number of alkyl halides is 3. The Morgan fingerprint density at radius 1 is 1.06 bits per heavy atom. The fourth-order valence-corrected chi connectivity index (χ4v) is 3.01. The molecule has 0 saturated carbocycles. The number of aliphatic hydroxyl groups excluding tert-OH is 1. The molecule has 0 saturated heterocycles. The van der Waals surface area contributed by atoms with Crippen molar-refractivity contribution in [3.05, 3.63) is 59.7 Å². The normalized spacial score (nSPS) is 14.3. The van der Waals surface area contributed by atoms with Crippen molar-refractivity contribution in [2.45, 2.75) is 44.0 Å².